The summed E-state index contributed by atoms with van der Waals surface area (Å²) >= 11 is 6.22. The predicted octanol–water partition coefficient (Wildman–Crippen LogP) is 6.47. The predicted molar refractivity (Wildman–Crippen MR) is 137 cm³/mol. The van der Waals surface area contributed by atoms with Crippen LogP contribution in [0.15, 0.2) is 24.4 Å². The largest absolute Gasteiger partial charge is 0.459 e. The molecule has 232 valence electrons. The number of amides is 2. The number of ether oxygens (including phenoxy) is 2. The number of halogens is 8. The summed E-state index contributed by atoms with van der Waals surface area (Å²) in [6.07, 6.45) is -6.04. The number of alkyl halides is 7. The van der Waals surface area contributed by atoms with E-state index in [-0.39, 0.29) is 34.6 Å². The number of anilines is 1. The molecule has 0 atom stereocenters. The molecule has 1 heterocycles. The van der Waals surface area contributed by atoms with E-state index in [1.807, 2.05) is 6.07 Å². The minimum absolute atomic E-state index is 0.0218. The van der Waals surface area contributed by atoms with Crippen LogP contribution in [0.1, 0.15) is 48.3 Å². The van der Waals surface area contributed by atoms with E-state index >= 15 is 0 Å². The normalized spacial score (nSPS) is 14.7. The molecule has 0 bridgehead atoms. The van der Waals surface area contributed by atoms with Crippen molar-refractivity contribution in [2.24, 2.45) is 7.05 Å². The van der Waals surface area contributed by atoms with Crippen LogP contribution in [0.25, 0.3) is 5.57 Å². The highest BCUT2D eigenvalue weighted by molar-refractivity contribution is 6.34. The number of hydrogen-bond donors (Lipinski definition) is 2. The van der Waals surface area contributed by atoms with Gasteiger partial charge in [0, 0.05) is 25.0 Å². The Morgan fingerprint density at radius 2 is 1.88 bits per heavy atom. The zero-order valence-corrected chi connectivity index (χ0v) is 23.2. The van der Waals surface area contributed by atoms with Gasteiger partial charge in [0.15, 0.2) is 17.3 Å². The van der Waals surface area contributed by atoms with E-state index in [2.05, 4.69) is 15.2 Å². The summed E-state index contributed by atoms with van der Waals surface area (Å²) < 4.78 is 103. The van der Waals surface area contributed by atoms with Crippen molar-refractivity contribution < 1.29 is 49.8 Å². The Bertz CT molecular complexity index is 1500. The van der Waals surface area contributed by atoms with E-state index in [4.69, 9.17) is 21.7 Å². The Balaban J connectivity index is 2.05. The third-order valence-electron chi connectivity index (χ3n) is 6.00. The third-order valence-corrected chi connectivity index (χ3v) is 6.33. The molecule has 10 nitrogen and oxygen atoms in total. The Hall–Kier alpha value is -4.33. The second-order valence-electron chi connectivity index (χ2n) is 9.40. The van der Waals surface area contributed by atoms with E-state index in [9.17, 15) is 45.6 Å². The molecule has 0 saturated heterocycles. The molecule has 0 spiro atoms. The average molecular weight is 639 g/mol. The van der Waals surface area contributed by atoms with Crippen LogP contribution in [-0.4, -0.2) is 57.3 Å². The summed E-state index contributed by atoms with van der Waals surface area (Å²) in [4.78, 5) is 26.9. The monoisotopic (exact) mass is 638 g/mol. The number of imide groups is 1. The molecule has 3 rings (SSSR count). The molecule has 43 heavy (non-hydrogen) atoms. The number of carbonyl (C=O) groups is 2. The first-order valence-electron chi connectivity index (χ1n) is 12.1. The molecule has 2 amide bonds. The lowest BCUT2D eigenvalue weighted by molar-refractivity contribution is -0.291. The second-order valence-corrected chi connectivity index (χ2v) is 9.81. The molecular formula is C25H22ClF7N6O4. The van der Waals surface area contributed by atoms with E-state index in [1.54, 1.807) is 0 Å². The summed E-state index contributed by atoms with van der Waals surface area (Å²) in [5, 5.41) is 22.5. The van der Waals surface area contributed by atoms with Gasteiger partial charge in [0.25, 0.3) is 5.91 Å². The van der Waals surface area contributed by atoms with Crippen LogP contribution in [0.5, 0.6) is 5.75 Å². The molecular weight excluding hydrogens is 617 g/mol. The standard InChI is InChI=1S/C25H22ClF7N6O4/c1-12(2)42-22(41)39(23(11-35)6-7-23)20(40)15-8-13(4-5-16(15)26)14(9-34)10-36-19-17(43-21(27)28)18(37-38(19)3)24(29,30)25(31,32)33/h4-5,8-10,12,21,34,36H,6-7H2,1-3H3/b14-10+,34-9?. The zero-order valence-electron chi connectivity index (χ0n) is 22.4. The molecule has 0 unspecified atom stereocenters. The quantitative estimate of drug-likeness (QED) is 0.225. The van der Waals surface area contributed by atoms with Gasteiger partial charge in [0.1, 0.15) is 5.54 Å². The van der Waals surface area contributed by atoms with Crippen LogP contribution < -0.4 is 10.1 Å². The first kappa shape index (κ1) is 33.2. The highest BCUT2D eigenvalue weighted by Crippen LogP contribution is 2.49. The lowest BCUT2D eigenvalue weighted by Gasteiger charge is -2.26. The van der Waals surface area contributed by atoms with Gasteiger partial charge in [-0.2, -0.15) is 41.1 Å². The van der Waals surface area contributed by atoms with Crippen LogP contribution in [0.4, 0.5) is 41.3 Å². The minimum atomic E-state index is -6.19. The van der Waals surface area contributed by atoms with Gasteiger partial charge < -0.3 is 20.2 Å². The highest BCUT2D eigenvalue weighted by Gasteiger charge is 2.62. The van der Waals surface area contributed by atoms with E-state index in [1.165, 1.54) is 26.0 Å². The minimum Gasteiger partial charge on any atom is -0.446 e. The molecule has 1 aliphatic rings. The van der Waals surface area contributed by atoms with Crippen molar-refractivity contribution in [3.63, 3.8) is 0 Å². The first-order chi connectivity index (χ1) is 19.9. The fourth-order valence-corrected chi connectivity index (χ4v) is 3.96. The Labute approximate surface area is 244 Å². The Morgan fingerprint density at radius 1 is 1.26 bits per heavy atom. The van der Waals surface area contributed by atoms with Crippen molar-refractivity contribution in [3.05, 3.63) is 46.2 Å². The molecule has 1 aromatic heterocycles. The van der Waals surface area contributed by atoms with Gasteiger partial charge in [0.05, 0.1) is 22.8 Å². The van der Waals surface area contributed by atoms with Crippen LogP contribution in [0, 0.1) is 16.7 Å². The lowest BCUT2D eigenvalue weighted by Crippen LogP contribution is -2.47. The van der Waals surface area contributed by atoms with Crippen LogP contribution >= 0.6 is 11.6 Å². The molecule has 1 aliphatic carbocycles. The van der Waals surface area contributed by atoms with Gasteiger partial charge in [-0.15, -0.1) is 0 Å². The number of hydrogen-bond acceptors (Lipinski definition) is 8. The van der Waals surface area contributed by atoms with Crippen LogP contribution in [0.3, 0.4) is 0 Å². The van der Waals surface area contributed by atoms with Gasteiger partial charge in [-0.05, 0) is 44.4 Å². The van der Waals surface area contributed by atoms with Gasteiger partial charge in [-0.1, -0.05) is 17.7 Å². The van der Waals surface area contributed by atoms with Crippen molar-refractivity contribution in [3.8, 4) is 11.8 Å². The second kappa shape index (κ2) is 12.1. The maximum Gasteiger partial charge on any atom is 0.459 e. The van der Waals surface area contributed by atoms with Crippen molar-refractivity contribution in [2.75, 3.05) is 5.32 Å². The van der Waals surface area contributed by atoms with Gasteiger partial charge >= 0.3 is 24.8 Å². The highest BCUT2D eigenvalue weighted by atomic mass is 35.5. The fourth-order valence-electron chi connectivity index (χ4n) is 3.76. The third kappa shape index (κ3) is 6.69. The Kier molecular flexibility index (Phi) is 9.34. The first-order valence-corrected chi connectivity index (χ1v) is 12.5. The van der Waals surface area contributed by atoms with Crippen LogP contribution in [0.2, 0.25) is 5.02 Å². The summed E-state index contributed by atoms with van der Waals surface area (Å²) in [5.41, 5.74) is -4.05. The number of nitriles is 1. The number of aryl methyl sites for hydroxylation is 1. The van der Waals surface area contributed by atoms with Crippen molar-refractivity contribution in [1.82, 2.24) is 14.7 Å². The van der Waals surface area contributed by atoms with Gasteiger partial charge in [0.2, 0.25) is 0 Å². The average Bonchev–Trinajstić information content (AvgIpc) is 3.62. The topological polar surface area (TPSA) is 133 Å². The van der Waals surface area contributed by atoms with Crippen molar-refractivity contribution >= 4 is 41.2 Å². The molecule has 1 fully saturated rings. The number of allylic oxidation sites excluding steroid dienone is 1. The molecule has 1 aromatic carbocycles. The molecule has 2 N–H and O–H groups in total. The van der Waals surface area contributed by atoms with E-state index < -0.39 is 59.6 Å². The summed E-state index contributed by atoms with van der Waals surface area (Å²) in [6.45, 7) is -0.750. The summed E-state index contributed by atoms with van der Waals surface area (Å²) in [5.74, 6) is -9.12. The summed E-state index contributed by atoms with van der Waals surface area (Å²) in [6, 6.07) is 5.53. The molecule has 2 aromatic rings. The van der Waals surface area contributed by atoms with Gasteiger partial charge in [-0.3, -0.25) is 4.79 Å². The SMILES string of the molecule is CC(C)OC(=O)N(C(=O)c1cc(/C(C=N)=C/Nc2c(OC(F)F)c(C(F)(F)C(F)(F)F)nn2C)ccc1Cl)C1(C#N)CC1. The maximum absolute atomic E-state index is 14.1. The van der Waals surface area contributed by atoms with Gasteiger partial charge in [-0.25, -0.2) is 14.4 Å². The number of nitrogens with one attached hydrogen (secondary N) is 2. The zero-order chi connectivity index (χ0) is 32.5. The smallest absolute Gasteiger partial charge is 0.446 e. The number of nitrogens with zero attached hydrogens (tertiary/aromatic N) is 4. The molecule has 0 radical (unpaired) electrons. The fraction of sp³-hybridized carbons (Fsp3) is 0.400. The Morgan fingerprint density at radius 3 is 2.37 bits per heavy atom. The van der Waals surface area contributed by atoms with E-state index in [0.29, 0.717) is 15.8 Å². The number of aromatic nitrogens is 2. The van der Waals surface area contributed by atoms with Crippen molar-refractivity contribution in [2.45, 2.75) is 57.0 Å². The number of carbonyl (C=O) groups excluding carboxylic acids is 2. The summed E-state index contributed by atoms with van der Waals surface area (Å²) in [7, 11) is 0.876. The number of benzene rings is 1. The van der Waals surface area contributed by atoms with E-state index in [0.717, 1.165) is 19.3 Å². The van der Waals surface area contributed by atoms with Crippen molar-refractivity contribution in [1.29, 1.82) is 10.7 Å². The molecule has 0 aliphatic heterocycles. The lowest BCUT2D eigenvalue weighted by atomic mass is 10.0. The molecule has 18 heteroatoms. The maximum atomic E-state index is 14.1. The van der Waals surface area contributed by atoms with Crippen LogP contribution in [-0.2, 0) is 17.7 Å². The number of rotatable bonds is 10. The molecule has 1 saturated carbocycles.